The Labute approximate surface area is 101 Å². The molecule has 0 aromatic carbocycles. The Morgan fingerprint density at radius 3 is 2.40 bits per heavy atom. The summed E-state index contributed by atoms with van der Waals surface area (Å²) < 4.78 is 0. The van der Waals surface area contributed by atoms with Crippen LogP contribution in [-0.2, 0) is 0 Å². The van der Waals surface area contributed by atoms with Crippen LogP contribution in [-0.4, -0.2) is 23.6 Å². The monoisotopic (exact) mass is 231 g/mol. The molecule has 15 heavy (non-hydrogen) atoms. The van der Waals surface area contributed by atoms with E-state index in [1.807, 2.05) is 0 Å². The first kappa shape index (κ1) is 15.3. The molecule has 0 spiro atoms. The van der Waals surface area contributed by atoms with E-state index >= 15 is 0 Å². The van der Waals surface area contributed by atoms with Crippen LogP contribution >= 0.6 is 11.8 Å². The van der Waals surface area contributed by atoms with Crippen molar-refractivity contribution >= 4 is 11.8 Å². The van der Waals surface area contributed by atoms with Crippen molar-refractivity contribution in [2.45, 2.75) is 59.4 Å². The van der Waals surface area contributed by atoms with Crippen LogP contribution in [0.2, 0.25) is 0 Å². The average Bonchev–Trinajstić information content (AvgIpc) is 2.10. The Bertz CT molecular complexity index is 140. The maximum atomic E-state index is 3.55. The number of hydrogen-bond acceptors (Lipinski definition) is 2. The number of rotatable bonds is 8. The van der Waals surface area contributed by atoms with Gasteiger partial charge in [-0.15, -0.1) is 0 Å². The van der Waals surface area contributed by atoms with E-state index in [0.29, 0.717) is 0 Å². The van der Waals surface area contributed by atoms with Crippen molar-refractivity contribution in [1.29, 1.82) is 0 Å². The normalized spacial score (nSPS) is 14.2. The second-order valence-corrected chi connectivity index (χ2v) is 6.80. The zero-order chi connectivity index (χ0) is 11.7. The average molecular weight is 231 g/mol. The van der Waals surface area contributed by atoms with Crippen molar-refractivity contribution in [3.63, 3.8) is 0 Å². The third-order valence-corrected chi connectivity index (χ3v) is 3.47. The molecule has 92 valence electrons. The van der Waals surface area contributed by atoms with E-state index in [9.17, 15) is 0 Å². The van der Waals surface area contributed by atoms with E-state index in [-0.39, 0.29) is 5.54 Å². The van der Waals surface area contributed by atoms with Crippen LogP contribution in [0.1, 0.15) is 53.9 Å². The standard InChI is InChI=1S/C13H29NS/c1-6-15-11-7-8-12(2)9-10-14-13(3,4)5/h12,14H,6-11H2,1-5H3. The molecule has 0 heterocycles. The fraction of sp³-hybridized carbons (Fsp3) is 1.00. The van der Waals surface area contributed by atoms with Gasteiger partial charge in [-0.2, -0.15) is 11.8 Å². The molecule has 0 aliphatic carbocycles. The summed E-state index contributed by atoms with van der Waals surface area (Å²) >= 11 is 2.06. The van der Waals surface area contributed by atoms with Gasteiger partial charge in [0.1, 0.15) is 0 Å². The lowest BCUT2D eigenvalue weighted by Crippen LogP contribution is -2.36. The lowest BCUT2D eigenvalue weighted by Gasteiger charge is -2.21. The predicted molar refractivity (Wildman–Crippen MR) is 73.8 cm³/mol. The highest BCUT2D eigenvalue weighted by Crippen LogP contribution is 2.13. The van der Waals surface area contributed by atoms with Gasteiger partial charge < -0.3 is 5.32 Å². The van der Waals surface area contributed by atoms with E-state index in [1.165, 1.54) is 30.8 Å². The van der Waals surface area contributed by atoms with Crippen LogP contribution < -0.4 is 5.32 Å². The molecular formula is C13H29NS. The molecule has 0 aliphatic rings. The van der Waals surface area contributed by atoms with Gasteiger partial charge in [0.2, 0.25) is 0 Å². The minimum atomic E-state index is 0.276. The first-order chi connectivity index (χ1) is 6.95. The molecule has 0 aromatic heterocycles. The van der Waals surface area contributed by atoms with E-state index in [2.05, 4.69) is 51.7 Å². The van der Waals surface area contributed by atoms with Crippen molar-refractivity contribution in [2.75, 3.05) is 18.1 Å². The largest absolute Gasteiger partial charge is 0.312 e. The molecular weight excluding hydrogens is 202 g/mol. The van der Waals surface area contributed by atoms with Gasteiger partial charge in [0.25, 0.3) is 0 Å². The molecule has 1 unspecified atom stereocenters. The molecule has 0 rings (SSSR count). The topological polar surface area (TPSA) is 12.0 Å². The van der Waals surface area contributed by atoms with Crippen molar-refractivity contribution in [3.8, 4) is 0 Å². The molecule has 0 amide bonds. The van der Waals surface area contributed by atoms with Gasteiger partial charge in [-0.05, 0) is 64.0 Å². The number of thioether (sulfide) groups is 1. The van der Waals surface area contributed by atoms with Crippen LogP contribution in [0.3, 0.4) is 0 Å². The zero-order valence-electron chi connectivity index (χ0n) is 11.2. The van der Waals surface area contributed by atoms with Gasteiger partial charge in [0.05, 0.1) is 0 Å². The molecule has 0 fully saturated rings. The van der Waals surface area contributed by atoms with Crippen LogP contribution in [0.4, 0.5) is 0 Å². The maximum absolute atomic E-state index is 3.55. The first-order valence-corrected chi connectivity index (χ1v) is 7.44. The van der Waals surface area contributed by atoms with Crippen molar-refractivity contribution in [1.82, 2.24) is 5.32 Å². The summed E-state index contributed by atoms with van der Waals surface area (Å²) in [5, 5.41) is 3.55. The smallest absolute Gasteiger partial charge is 0.00965 e. The number of nitrogens with one attached hydrogen (secondary N) is 1. The minimum absolute atomic E-state index is 0.276. The van der Waals surface area contributed by atoms with Gasteiger partial charge in [-0.1, -0.05) is 13.8 Å². The molecule has 0 radical (unpaired) electrons. The molecule has 2 heteroatoms. The van der Waals surface area contributed by atoms with Gasteiger partial charge >= 0.3 is 0 Å². The maximum Gasteiger partial charge on any atom is 0.00965 e. The molecule has 1 atom stereocenters. The fourth-order valence-corrected chi connectivity index (χ4v) is 2.18. The van der Waals surface area contributed by atoms with Gasteiger partial charge in [0.15, 0.2) is 0 Å². The third-order valence-electron chi connectivity index (χ3n) is 2.48. The summed E-state index contributed by atoms with van der Waals surface area (Å²) in [4.78, 5) is 0. The second kappa shape index (κ2) is 8.46. The summed E-state index contributed by atoms with van der Waals surface area (Å²) in [6.07, 6.45) is 4.09. The Kier molecular flexibility index (Phi) is 8.64. The molecule has 0 saturated heterocycles. The van der Waals surface area contributed by atoms with Crippen molar-refractivity contribution in [3.05, 3.63) is 0 Å². The van der Waals surface area contributed by atoms with Crippen LogP contribution in [0.15, 0.2) is 0 Å². The van der Waals surface area contributed by atoms with Gasteiger partial charge in [-0.3, -0.25) is 0 Å². The number of hydrogen-bond donors (Lipinski definition) is 1. The highest BCUT2D eigenvalue weighted by atomic mass is 32.2. The lowest BCUT2D eigenvalue weighted by molar-refractivity contribution is 0.386. The van der Waals surface area contributed by atoms with E-state index < -0.39 is 0 Å². The Hall–Kier alpha value is 0.310. The van der Waals surface area contributed by atoms with Gasteiger partial charge in [0, 0.05) is 5.54 Å². The molecule has 0 bridgehead atoms. The second-order valence-electron chi connectivity index (χ2n) is 5.41. The summed E-state index contributed by atoms with van der Waals surface area (Å²) in [6.45, 7) is 12.5. The molecule has 1 nitrogen and oxygen atoms in total. The Balaban J connectivity index is 3.29. The van der Waals surface area contributed by atoms with Crippen molar-refractivity contribution in [2.24, 2.45) is 5.92 Å². The van der Waals surface area contributed by atoms with Crippen LogP contribution in [0.5, 0.6) is 0 Å². The van der Waals surface area contributed by atoms with Crippen LogP contribution in [0, 0.1) is 5.92 Å². The summed E-state index contributed by atoms with van der Waals surface area (Å²) in [7, 11) is 0. The van der Waals surface area contributed by atoms with E-state index in [1.54, 1.807) is 0 Å². The molecule has 0 saturated carbocycles. The van der Waals surface area contributed by atoms with E-state index in [0.717, 1.165) is 12.5 Å². The minimum Gasteiger partial charge on any atom is -0.312 e. The van der Waals surface area contributed by atoms with Gasteiger partial charge in [-0.25, -0.2) is 0 Å². The lowest BCUT2D eigenvalue weighted by atomic mass is 10.0. The SMILES string of the molecule is CCSCCCC(C)CCNC(C)(C)C. The highest BCUT2D eigenvalue weighted by Gasteiger charge is 2.09. The van der Waals surface area contributed by atoms with E-state index in [4.69, 9.17) is 0 Å². The molecule has 0 aliphatic heterocycles. The summed E-state index contributed by atoms with van der Waals surface area (Å²) in [6, 6.07) is 0. The fourth-order valence-electron chi connectivity index (χ4n) is 1.52. The quantitative estimate of drug-likeness (QED) is 0.635. The van der Waals surface area contributed by atoms with Crippen LogP contribution in [0.25, 0.3) is 0 Å². The highest BCUT2D eigenvalue weighted by molar-refractivity contribution is 7.99. The Morgan fingerprint density at radius 1 is 1.20 bits per heavy atom. The predicted octanol–water partition coefficient (Wildman–Crippen LogP) is 3.93. The molecule has 0 aromatic rings. The summed E-state index contributed by atoms with van der Waals surface area (Å²) in [5.74, 6) is 3.48. The Morgan fingerprint density at radius 2 is 1.87 bits per heavy atom. The van der Waals surface area contributed by atoms with Crippen molar-refractivity contribution < 1.29 is 0 Å². The summed E-state index contributed by atoms with van der Waals surface area (Å²) in [5.41, 5.74) is 0.276. The third kappa shape index (κ3) is 12.2. The first-order valence-electron chi connectivity index (χ1n) is 6.28. The zero-order valence-corrected chi connectivity index (χ0v) is 12.0. The molecule has 1 N–H and O–H groups in total.